The molecule has 0 aliphatic rings. The van der Waals surface area contributed by atoms with Gasteiger partial charge in [-0.2, -0.15) is 18.4 Å². The quantitative estimate of drug-likeness (QED) is 0.695. The zero-order valence-corrected chi connectivity index (χ0v) is 13.1. The normalized spacial score (nSPS) is 11.6. The Balaban J connectivity index is 1.78. The Labute approximate surface area is 143 Å². The lowest BCUT2D eigenvalue weighted by atomic mass is 10.1. The minimum absolute atomic E-state index is 0.0556. The van der Waals surface area contributed by atoms with Crippen LogP contribution < -0.4 is 4.74 Å². The zero-order valence-electron chi connectivity index (χ0n) is 12.3. The van der Waals surface area contributed by atoms with Crippen LogP contribution in [0.15, 0.2) is 36.4 Å². The van der Waals surface area contributed by atoms with Gasteiger partial charge in [0.05, 0.1) is 10.6 Å². The molecular formula is C15H9ClF4N4O. The molecule has 0 saturated heterocycles. The van der Waals surface area contributed by atoms with Crippen molar-refractivity contribution in [3.8, 4) is 17.1 Å². The highest BCUT2D eigenvalue weighted by atomic mass is 35.5. The number of alkyl halides is 3. The van der Waals surface area contributed by atoms with Crippen LogP contribution in [0.1, 0.15) is 11.1 Å². The summed E-state index contributed by atoms with van der Waals surface area (Å²) in [5.74, 6) is -0.284. The fourth-order valence-corrected chi connectivity index (χ4v) is 2.34. The molecule has 0 atom stereocenters. The molecule has 0 saturated carbocycles. The highest BCUT2D eigenvalue weighted by Crippen LogP contribution is 2.35. The van der Waals surface area contributed by atoms with Gasteiger partial charge in [0.1, 0.15) is 18.2 Å². The monoisotopic (exact) mass is 372 g/mol. The lowest BCUT2D eigenvalue weighted by molar-refractivity contribution is -0.137. The second kappa shape index (κ2) is 6.67. The van der Waals surface area contributed by atoms with Gasteiger partial charge in [0.15, 0.2) is 0 Å². The van der Waals surface area contributed by atoms with E-state index in [0.29, 0.717) is 11.1 Å². The Hall–Kier alpha value is -2.68. The number of nitrogens with one attached hydrogen (secondary N) is 1. The predicted molar refractivity (Wildman–Crippen MR) is 80.4 cm³/mol. The van der Waals surface area contributed by atoms with Crippen LogP contribution in [0, 0.1) is 5.82 Å². The summed E-state index contributed by atoms with van der Waals surface area (Å²) in [5.41, 5.74) is -0.0726. The smallest absolute Gasteiger partial charge is 0.416 e. The molecule has 0 amide bonds. The maximum absolute atomic E-state index is 13.7. The number of hydrogen-bond donors (Lipinski definition) is 1. The van der Waals surface area contributed by atoms with Crippen molar-refractivity contribution in [3.63, 3.8) is 0 Å². The van der Waals surface area contributed by atoms with Crippen molar-refractivity contribution >= 4 is 11.6 Å². The number of aromatic amines is 1. The first kappa shape index (κ1) is 17.2. The van der Waals surface area contributed by atoms with Gasteiger partial charge >= 0.3 is 6.18 Å². The van der Waals surface area contributed by atoms with Crippen molar-refractivity contribution in [2.45, 2.75) is 12.8 Å². The summed E-state index contributed by atoms with van der Waals surface area (Å²) in [6.45, 7) is -0.103. The molecule has 2 aromatic carbocycles. The second-order valence-electron chi connectivity index (χ2n) is 5.02. The number of aromatic nitrogens is 4. The minimum atomic E-state index is -4.50. The third-order valence-electron chi connectivity index (χ3n) is 3.21. The standard InChI is InChI=1S/C15H9ClF4N4O/c16-12-6-10(15(18,19)20)1-2-13(12)25-7-8-3-9(5-11(17)4-8)14-21-23-24-22-14/h1-6H,7H2,(H,21,22,23,24). The number of rotatable bonds is 4. The molecule has 0 radical (unpaired) electrons. The fourth-order valence-electron chi connectivity index (χ4n) is 2.10. The zero-order chi connectivity index (χ0) is 18.0. The summed E-state index contributed by atoms with van der Waals surface area (Å²) in [6, 6.07) is 6.77. The first-order chi connectivity index (χ1) is 11.8. The van der Waals surface area contributed by atoms with Gasteiger partial charge in [-0.1, -0.05) is 11.6 Å². The maximum Gasteiger partial charge on any atom is 0.416 e. The lowest BCUT2D eigenvalue weighted by Gasteiger charge is -2.12. The molecule has 0 unspecified atom stereocenters. The van der Waals surface area contributed by atoms with E-state index in [1.807, 2.05) is 0 Å². The van der Waals surface area contributed by atoms with Crippen molar-refractivity contribution < 1.29 is 22.3 Å². The highest BCUT2D eigenvalue weighted by molar-refractivity contribution is 6.32. The van der Waals surface area contributed by atoms with E-state index in [0.717, 1.165) is 18.2 Å². The molecule has 5 nitrogen and oxygen atoms in total. The van der Waals surface area contributed by atoms with Crippen LogP contribution in [-0.2, 0) is 12.8 Å². The number of hydrogen-bond acceptors (Lipinski definition) is 4. The Morgan fingerprint density at radius 3 is 2.56 bits per heavy atom. The van der Waals surface area contributed by atoms with E-state index in [4.69, 9.17) is 16.3 Å². The number of halogens is 5. The summed E-state index contributed by atoms with van der Waals surface area (Å²) < 4.78 is 56.9. The summed E-state index contributed by atoms with van der Waals surface area (Å²) >= 11 is 5.81. The predicted octanol–water partition coefficient (Wildman–Crippen LogP) is 4.26. The molecule has 130 valence electrons. The van der Waals surface area contributed by atoms with Crippen LogP contribution in [0.25, 0.3) is 11.4 Å². The molecule has 0 spiro atoms. The molecule has 0 aliphatic heterocycles. The third kappa shape index (κ3) is 4.05. The fraction of sp³-hybridized carbons (Fsp3) is 0.133. The maximum atomic E-state index is 13.7. The van der Waals surface area contributed by atoms with Crippen molar-refractivity contribution in [1.82, 2.24) is 20.6 Å². The van der Waals surface area contributed by atoms with Gasteiger partial charge < -0.3 is 4.74 Å². The van der Waals surface area contributed by atoms with Gasteiger partial charge in [0.2, 0.25) is 5.82 Å². The van der Waals surface area contributed by atoms with Crippen LogP contribution >= 0.6 is 11.6 Å². The average molecular weight is 373 g/mol. The van der Waals surface area contributed by atoms with E-state index in [1.54, 1.807) is 6.07 Å². The van der Waals surface area contributed by atoms with Crippen LogP contribution in [0.4, 0.5) is 17.6 Å². The van der Waals surface area contributed by atoms with Gasteiger partial charge in [-0.05, 0) is 47.2 Å². The molecular weight excluding hydrogens is 364 g/mol. The van der Waals surface area contributed by atoms with Gasteiger partial charge in [0.25, 0.3) is 0 Å². The van der Waals surface area contributed by atoms with Gasteiger partial charge in [-0.15, -0.1) is 10.2 Å². The van der Waals surface area contributed by atoms with Gasteiger partial charge in [0, 0.05) is 5.56 Å². The number of ether oxygens (including phenoxy) is 1. The Bertz CT molecular complexity index is 884. The van der Waals surface area contributed by atoms with Crippen LogP contribution in [-0.4, -0.2) is 20.6 Å². The SMILES string of the molecule is Fc1cc(COc2ccc(C(F)(F)F)cc2Cl)cc(-c2nn[nH]n2)c1. The average Bonchev–Trinajstić information content (AvgIpc) is 3.06. The van der Waals surface area contributed by atoms with Gasteiger partial charge in [-0.25, -0.2) is 4.39 Å². The number of H-pyrrole nitrogens is 1. The second-order valence-corrected chi connectivity index (χ2v) is 5.42. The molecule has 3 aromatic rings. The molecule has 25 heavy (non-hydrogen) atoms. The molecule has 0 bridgehead atoms. The van der Waals surface area contributed by atoms with Gasteiger partial charge in [-0.3, -0.25) is 0 Å². The summed E-state index contributed by atoms with van der Waals surface area (Å²) in [5, 5.41) is 13.0. The van der Waals surface area contributed by atoms with E-state index in [2.05, 4.69) is 20.6 Å². The molecule has 1 heterocycles. The molecule has 1 aromatic heterocycles. The highest BCUT2D eigenvalue weighted by Gasteiger charge is 2.31. The summed E-state index contributed by atoms with van der Waals surface area (Å²) in [6.07, 6.45) is -4.50. The number of nitrogens with zero attached hydrogens (tertiary/aromatic N) is 3. The number of tetrazole rings is 1. The van der Waals surface area contributed by atoms with Crippen molar-refractivity contribution in [1.29, 1.82) is 0 Å². The molecule has 0 aliphatic carbocycles. The van der Waals surface area contributed by atoms with Crippen LogP contribution in [0.5, 0.6) is 5.75 Å². The van der Waals surface area contributed by atoms with Crippen molar-refractivity contribution in [2.24, 2.45) is 0 Å². The van der Waals surface area contributed by atoms with E-state index >= 15 is 0 Å². The van der Waals surface area contributed by atoms with Crippen molar-refractivity contribution in [3.05, 3.63) is 58.4 Å². The van der Waals surface area contributed by atoms with E-state index < -0.39 is 17.6 Å². The first-order valence-electron chi connectivity index (χ1n) is 6.86. The first-order valence-corrected chi connectivity index (χ1v) is 7.23. The Morgan fingerprint density at radius 2 is 1.92 bits per heavy atom. The van der Waals surface area contributed by atoms with Crippen molar-refractivity contribution in [2.75, 3.05) is 0 Å². The topological polar surface area (TPSA) is 63.7 Å². The van der Waals surface area contributed by atoms with Crippen LogP contribution in [0.3, 0.4) is 0 Å². The largest absolute Gasteiger partial charge is 0.487 e. The molecule has 1 N–H and O–H groups in total. The molecule has 3 rings (SSSR count). The number of benzene rings is 2. The van der Waals surface area contributed by atoms with E-state index in [1.165, 1.54) is 12.1 Å². The van der Waals surface area contributed by atoms with Crippen LogP contribution in [0.2, 0.25) is 5.02 Å². The van der Waals surface area contributed by atoms with E-state index in [9.17, 15) is 17.6 Å². The minimum Gasteiger partial charge on any atom is -0.487 e. The third-order valence-corrected chi connectivity index (χ3v) is 3.51. The molecule has 0 fully saturated rings. The Morgan fingerprint density at radius 1 is 1.12 bits per heavy atom. The summed E-state index contributed by atoms with van der Waals surface area (Å²) in [7, 11) is 0. The molecule has 10 heteroatoms. The Kier molecular flexibility index (Phi) is 4.58. The summed E-state index contributed by atoms with van der Waals surface area (Å²) in [4.78, 5) is 0. The lowest BCUT2D eigenvalue weighted by Crippen LogP contribution is -2.05. The van der Waals surface area contributed by atoms with E-state index in [-0.39, 0.29) is 23.2 Å².